The van der Waals surface area contributed by atoms with E-state index in [1.165, 1.54) is 4.88 Å². The smallest absolute Gasteiger partial charge is 0.234 e. The van der Waals surface area contributed by atoms with Gasteiger partial charge in [0.15, 0.2) is 0 Å². The molecule has 2 heterocycles. The average molecular weight is 311 g/mol. The fourth-order valence-corrected chi connectivity index (χ4v) is 3.19. The molecule has 1 aromatic heterocycles. The number of carbonyl (C=O) groups is 1. The molecule has 1 saturated heterocycles. The minimum Gasteiger partial charge on any atom is -0.374 e. The first-order chi connectivity index (χ1) is 10.1. The second-order valence-corrected chi connectivity index (χ2v) is 6.70. The summed E-state index contributed by atoms with van der Waals surface area (Å²) in [5, 5.41) is 5.06. The quantitative estimate of drug-likeness (QED) is 0.804. The van der Waals surface area contributed by atoms with Crippen LogP contribution in [0.1, 0.15) is 4.88 Å². The molecule has 5 nitrogen and oxygen atoms in total. The van der Waals surface area contributed by atoms with Gasteiger partial charge in [-0.1, -0.05) is 6.07 Å². The van der Waals surface area contributed by atoms with Gasteiger partial charge < -0.3 is 15.0 Å². The van der Waals surface area contributed by atoms with E-state index in [0.29, 0.717) is 19.7 Å². The van der Waals surface area contributed by atoms with Crippen molar-refractivity contribution in [3.8, 4) is 0 Å². The van der Waals surface area contributed by atoms with Crippen LogP contribution in [0.5, 0.6) is 0 Å². The minimum absolute atomic E-state index is 0.108. The summed E-state index contributed by atoms with van der Waals surface area (Å²) in [4.78, 5) is 17.6. The third kappa shape index (κ3) is 6.13. The molecule has 118 valence electrons. The van der Waals surface area contributed by atoms with E-state index in [4.69, 9.17) is 4.74 Å². The first-order valence-electron chi connectivity index (χ1n) is 7.41. The number of hydrogen-bond acceptors (Lipinski definition) is 5. The average Bonchev–Trinajstić information content (AvgIpc) is 2.91. The normalized spacial score (nSPS) is 19.9. The third-order valence-corrected chi connectivity index (χ3v) is 4.37. The lowest BCUT2D eigenvalue weighted by Gasteiger charge is -2.33. The molecule has 0 aliphatic carbocycles. The molecule has 6 heteroatoms. The van der Waals surface area contributed by atoms with E-state index in [2.05, 4.69) is 26.6 Å². The molecule has 1 aliphatic rings. The van der Waals surface area contributed by atoms with Gasteiger partial charge in [-0.05, 0) is 32.0 Å². The predicted octanol–water partition coefficient (Wildman–Crippen LogP) is 0.669. The van der Waals surface area contributed by atoms with E-state index in [9.17, 15) is 4.79 Å². The fourth-order valence-electron chi connectivity index (χ4n) is 2.48. The number of amides is 1. The molecule has 0 aromatic carbocycles. The van der Waals surface area contributed by atoms with Crippen molar-refractivity contribution in [1.82, 2.24) is 15.1 Å². The Morgan fingerprint density at radius 2 is 2.43 bits per heavy atom. The van der Waals surface area contributed by atoms with Gasteiger partial charge in [0.1, 0.15) is 0 Å². The summed E-state index contributed by atoms with van der Waals surface area (Å²) in [6.45, 7) is 4.46. The molecular weight excluding hydrogens is 286 g/mol. The number of carbonyl (C=O) groups excluding carboxylic acids is 1. The van der Waals surface area contributed by atoms with E-state index in [-0.39, 0.29) is 12.0 Å². The van der Waals surface area contributed by atoms with Gasteiger partial charge in [0.05, 0.1) is 19.3 Å². The molecule has 1 amide bonds. The van der Waals surface area contributed by atoms with Crippen LogP contribution in [0.2, 0.25) is 0 Å². The van der Waals surface area contributed by atoms with Crippen LogP contribution in [0.3, 0.4) is 0 Å². The summed E-state index contributed by atoms with van der Waals surface area (Å²) in [5.74, 6) is 0.108. The topological polar surface area (TPSA) is 44.8 Å². The number of rotatable bonds is 7. The summed E-state index contributed by atoms with van der Waals surface area (Å²) in [7, 11) is 4.08. The molecular formula is C15H25N3O2S. The molecule has 1 N–H and O–H groups in total. The van der Waals surface area contributed by atoms with Crippen LogP contribution in [0, 0.1) is 0 Å². The Morgan fingerprint density at radius 3 is 3.14 bits per heavy atom. The summed E-state index contributed by atoms with van der Waals surface area (Å²) in [6, 6.07) is 4.14. The van der Waals surface area contributed by atoms with E-state index in [1.54, 1.807) is 11.3 Å². The highest BCUT2D eigenvalue weighted by molar-refractivity contribution is 7.09. The largest absolute Gasteiger partial charge is 0.374 e. The zero-order chi connectivity index (χ0) is 15.1. The maximum Gasteiger partial charge on any atom is 0.234 e. The van der Waals surface area contributed by atoms with Crippen molar-refractivity contribution < 1.29 is 9.53 Å². The zero-order valence-corrected chi connectivity index (χ0v) is 13.7. The summed E-state index contributed by atoms with van der Waals surface area (Å²) in [6.07, 6.45) is 1.11. The van der Waals surface area contributed by atoms with E-state index in [0.717, 1.165) is 26.1 Å². The van der Waals surface area contributed by atoms with Crippen LogP contribution >= 0.6 is 11.3 Å². The molecule has 0 spiro atoms. The number of hydrogen-bond donors (Lipinski definition) is 1. The number of morpholine rings is 1. The molecule has 1 atom stereocenters. The van der Waals surface area contributed by atoms with Crippen LogP contribution in [0.25, 0.3) is 0 Å². The minimum atomic E-state index is 0.108. The molecule has 21 heavy (non-hydrogen) atoms. The molecule has 0 saturated carbocycles. The first kappa shape index (κ1) is 16.4. The Bertz CT molecular complexity index is 423. The molecule has 1 fully saturated rings. The van der Waals surface area contributed by atoms with Gasteiger partial charge in [0.25, 0.3) is 0 Å². The van der Waals surface area contributed by atoms with Gasteiger partial charge in [0, 0.05) is 31.1 Å². The van der Waals surface area contributed by atoms with E-state index in [1.807, 2.05) is 20.2 Å². The highest BCUT2D eigenvalue weighted by Crippen LogP contribution is 2.08. The number of nitrogens with one attached hydrogen (secondary N) is 1. The molecule has 1 aliphatic heterocycles. The van der Waals surface area contributed by atoms with Gasteiger partial charge in [0.2, 0.25) is 5.91 Å². The Hall–Kier alpha value is -0.950. The lowest BCUT2D eigenvalue weighted by molar-refractivity contribution is -0.124. The lowest BCUT2D eigenvalue weighted by Crippen LogP contribution is -2.49. The zero-order valence-electron chi connectivity index (χ0n) is 12.9. The van der Waals surface area contributed by atoms with Crippen LogP contribution in [0.4, 0.5) is 0 Å². The second kappa shape index (κ2) is 8.48. The summed E-state index contributed by atoms with van der Waals surface area (Å²) < 4.78 is 5.72. The predicted molar refractivity (Wildman–Crippen MR) is 85.8 cm³/mol. The van der Waals surface area contributed by atoms with Crippen LogP contribution < -0.4 is 5.32 Å². The van der Waals surface area contributed by atoms with Gasteiger partial charge in [-0.15, -0.1) is 11.3 Å². The molecule has 0 radical (unpaired) electrons. The van der Waals surface area contributed by atoms with Crippen molar-refractivity contribution in [2.45, 2.75) is 12.5 Å². The molecule has 2 rings (SSSR count). The summed E-state index contributed by atoms with van der Waals surface area (Å²) in [5.41, 5.74) is 0. The van der Waals surface area contributed by atoms with Crippen molar-refractivity contribution in [1.29, 1.82) is 0 Å². The van der Waals surface area contributed by atoms with Crippen LogP contribution in [-0.2, 0) is 16.0 Å². The standard InChI is InChI=1S/C15H25N3O2S/c1-17(2)10-13-11-18(7-8-20-13)12-15(19)16-6-5-14-4-3-9-21-14/h3-4,9,13H,5-8,10-12H2,1-2H3,(H,16,19). The maximum absolute atomic E-state index is 12.0. The Labute approximate surface area is 130 Å². The van der Waals surface area contributed by atoms with Crippen molar-refractivity contribution in [3.63, 3.8) is 0 Å². The van der Waals surface area contributed by atoms with Gasteiger partial charge in [-0.3, -0.25) is 9.69 Å². The molecule has 0 bridgehead atoms. The van der Waals surface area contributed by atoms with E-state index < -0.39 is 0 Å². The number of nitrogens with zero attached hydrogens (tertiary/aromatic N) is 2. The van der Waals surface area contributed by atoms with Gasteiger partial charge >= 0.3 is 0 Å². The van der Waals surface area contributed by atoms with Gasteiger partial charge in [-0.2, -0.15) is 0 Å². The SMILES string of the molecule is CN(C)CC1CN(CC(=O)NCCc2cccs2)CCO1. The highest BCUT2D eigenvalue weighted by Gasteiger charge is 2.22. The van der Waals surface area contributed by atoms with Gasteiger partial charge in [-0.25, -0.2) is 0 Å². The Morgan fingerprint density at radius 1 is 1.57 bits per heavy atom. The first-order valence-corrected chi connectivity index (χ1v) is 8.29. The molecule has 1 aromatic rings. The number of ether oxygens (including phenoxy) is 1. The monoisotopic (exact) mass is 311 g/mol. The molecule has 1 unspecified atom stereocenters. The Kier molecular flexibility index (Phi) is 6.63. The maximum atomic E-state index is 12.0. The fraction of sp³-hybridized carbons (Fsp3) is 0.667. The lowest BCUT2D eigenvalue weighted by atomic mass is 10.2. The van der Waals surface area contributed by atoms with Crippen molar-refractivity contribution >= 4 is 17.2 Å². The van der Waals surface area contributed by atoms with Crippen molar-refractivity contribution in [2.75, 3.05) is 53.4 Å². The van der Waals surface area contributed by atoms with Crippen LogP contribution in [-0.4, -0.2) is 75.2 Å². The van der Waals surface area contributed by atoms with Crippen molar-refractivity contribution in [2.24, 2.45) is 0 Å². The highest BCUT2D eigenvalue weighted by atomic mass is 32.1. The summed E-state index contributed by atoms with van der Waals surface area (Å²) >= 11 is 1.73. The van der Waals surface area contributed by atoms with Crippen molar-refractivity contribution in [3.05, 3.63) is 22.4 Å². The Balaban J connectivity index is 1.64. The second-order valence-electron chi connectivity index (χ2n) is 5.67. The van der Waals surface area contributed by atoms with E-state index >= 15 is 0 Å². The van der Waals surface area contributed by atoms with Crippen LogP contribution in [0.15, 0.2) is 17.5 Å². The third-order valence-electron chi connectivity index (χ3n) is 3.43. The number of thiophene rings is 1. The number of likely N-dealkylation sites (N-methyl/N-ethyl adjacent to an activating group) is 1.